The van der Waals surface area contributed by atoms with Crippen LogP contribution in [0, 0.1) is 0 Å². The standard InChI is InChI=1S/C10H7BrN2OS2/c11-6-1-3-7(4-2-6)12-5-8-9(15)13-10(14)16-8/h1-5,15H,(H,13,14). The van der Waals surface area contributed by atoms with Gasteiger partial charge in [0.1, 0.15) is 0 Å². The van der Waals surface area contributed by atoms with Gasteiger partial charge < -0.3 is 4.98 Å². The van der Waals surface area contributed by atoms with Gasteiger partial charge in [-0.05, 0) is 24.3 Å². The molecular weight excluding hydrogens is 308 g/mol. The topological polar surface area (TPSA) is 45.2 Å². The third-order valence-corrected chi connectivity index (χ3v) is 3.66. The molecule has 1 heterocycles. The van der Waals surface area contributed by atoms with E-state index in [2.05, 4.69) is 38.5 Å². The lowest BCUT2D eigenvalue weighted by molar-refractivity contribution is 1.16. The number of thiol groups is 1. The summed E-state index contributed by atoms with van der Waals surface area (Å²) in [6, 6.07) is 7.59. The highest BCUT2D eigenvalue weighted by atomic mass is 79.9. The predicted molar refractivity (Wildman–Crippen MR) is 73.6 cm³/mol. The Morgan fingerprint density at radius 1 is 1.38 bits per heavy atom. The maximum absolute atomic E-state index is 11.0. The van der Waals surface area contributed by atoms with Gasteiger partial charge in [0.2, 0.25) is 0 Å². The van der Waals surface area contributed by atoms with Gasteiger partial charge in [-0.1, -0.05) is 27.3 Å². The Hall–Kier alpha value is -0.850. The summed E-state index contributed by atoms with van der Waals surface area (Å²) in [7, 11) is 0. The molecular formula is C10H7BrN2OS2. The summed E-state index contributed by atoms with van der Waals surface area (Å²) in [5.41, 5.74) is 0.830. The molecule has 6 heteroatoms. The number of aromatic amines is 1. The molecule has 0 saturated carbocycles. The van der Waals surface area contributed by atoms with Gasteiger partial charge in [0.15, 0.2) is 0 Å². The lowest BCUT2D eigenvalue weighted by Gasteiger charge is -1.93. The fraction of sp³-hybridized carbons (Fsp3) is 0. The monoisotopic (exact) mass is 314 g/mol. The van der Waals surface area contributed by atoms with E-state index in [1.54, 1.807) is 6.21 Å². The van der Waals surface area contributed by atoms with Crippen LogP contribution in [0.25, 0.3) is 0 Å². The van der Waals surface area contributed by atoms with Crippen molar-refractivity contribution < 1.29 is 0 Å². The molecule has 0 spiro atoms. The van der Waals surface area contributed by atoms with Crippen LogP contribution in [-0.2, 0) is 0 Å². The van der Waals surface area contributed by atoms with Crippen molar-refractivity contribution in [3.05, 3.63) is 43.3 Å². The van der Waals surface area contributed by atoms with E-state index in [9.17, 15) is 4.79 Å². The number of rotatable bonds is 2. The lowest BCUT2D eigenvalue weighted by Crippen LogP contribution is -1.89. The zero-order valence-corrected chi connectivity index (χ0v) is 11.3. The number of thiazole rings is 1. The molecule has 0 radical (unpaired) electrons. The molecule has 0 aliphatic heterocycles. The Kier molecular flexibility index (Phi) is 3.63. The highest BCUT2D eigenvalue weighted by molar-refractivity contribution is 9.10. The average Bonchev–Trinajstić information content (AvgIpc) is 2.57. The Bertz CT molecular complexity index is 571. The van der Waals surface area contributed by atoms with E-state index in [0.717, 1.165) is 26.4 Å². The number of benzene rings is 1. The summed E-state index contributed by atoms with van der Waals surface area (Å²) in [4.78, 5) is 18.5. The molecule has 16 heavy (non-hydrogen) atoms. The van der Waals surface area contributed by atoms with Crippen LogP contribution in [0.3, 0.4) is 0 Å². The van der Waals surface area contributed by atoms with Crippen LogP contribution in [0.1, 0.15) is 4.88 Å². The Morgan fingerprint density at radius 2 is 2.06 bits per heavy atom. The zero-order chi connectivity index (χ0) is 11.5. The number of hydrogen-bond donors (Lipinski definition) is 2. The van der Waals surface area contributed by atoms with E-state index in [-0.39, 0.29) is 4.87 Å². The highest BCUT2D eigenvalue weighted by Crippen LogP contribution is 2.18. The number of nitrogens with zero attached hydrogens (tertiary/aromatic N) is 1. The maximum Gasteiger partial charge on any atom is 0.305 e. The molecule has 2 aromatic rings. The average molecular weight is 315 g/mol. The highest BCUT2D eigenvalue weighted by Gasteiger charge is 2.00. The molecule has 82 valence electrons. The van der Waals surface area contributed by atoms with Gasteiger partial charge in [-0.15, -0.1) is 12.6 Å². The first-order valence-electron chi connectivity index (χ1n) is 4.37. The molecule has 0 bridgehead atoms. The van der Waals surface area contributed by atoms with Crippen molar-refractivity contribution in [1.29, 1.82) is 0 Å². The Morgan fingerprint density at radius 3 is 2.62 bits per heavy atom. The summed E-state index contributed by atoms with van der Waals surface area (Å²) in [6.07, 6.45) is 1.63. The molecule has 0 aliphatic carbocycles. The van der Waals surface area contributed by atoms with Gasteiger partial charge in [0.05, 0.1) is 15.6 Å². The quantitative estimate of drug-likeness (QED) is 0.648. The summed E-state index contributed by atoms with van der Waals surface area (Å²) >= 11 is 8.58. The van der Waals surface area contributed by atoms with Crippen LogP contribution in [0.4, 0.5) is 5.69 Å². The lowest BCUT2D eigenvalue weighted by atomic mass is 10.3. The Balaban J connectivity index is 2.24. The largest absolute Gasteiger partial charge is 0.307 e. The first-order chi connectivity index (χ1) is 7.65. The summed E-state index contributed by atoms with van der Waals surface area (Å²) in [6.45, 7) is 0. The van der Waals surface area contributed by atoms with Crippen LogP contribution in [0.2, 0.25) is 0 Å². The number of hydrogen-bond acceptors (Lipinski definition) is 4. The number of halogens is 1. The summed E-state index contributed by atoms with van der Waals surface area (Å²) in [5.74, 6) is 0. The second-order valence-corrected chi connectivity index (χ2v) is 5.34. The minimum atomic E-state index is -0.123. The Labute approximate surface area is 110 Å². The minimum absolute atomic E-state index is 0.123. The first-order valence-corrected chi connectivity index (χ1v) is 6.42. The van der Waals surface area contributed by atoms with Crippen LogP contribution in [0.5, 0.6) is 0 Å². The molecule has 0 unspecified atom stereocenters. The summed E-state index contributed by atoms with van der Waals surface area (Å²) < 4.78 is 1.01. The third kappa shape index (κ3) is 2.84. The van der Waals surface area contributed by atoms with Crippen LogP contribution < -0.4 is 4.87 Å². The van der Waals surface area contributed by atoms with Gasteiger partial charge in [-0.25, -0.2) is 0 Å². The fourth-order valence-corrected chi connectivity index (χ4v) is 2.32. The van der Waals surface area contributed by atoms with Crippen molar-refractivity contribution in [3.63, 3.8) is 0 Å². The van der Waals surface area contributed by atoms with Gasteiger partial charge in [0, 0.05) is 10.7 Å². The van der Waals surface area contributed by atoms with Crippen molar-refractivity contribution in [3.8, 4) is 0 Å². The first kappa shape index (κ1) is 11.6. The van der Waals surface area contributed by atoms with E-state index >= 15 is 0 Å². The van der Waals surface area contributed by atoms with Crippen molar-refractivity contribution in [2.24, 2.45) is 4.99 Å². The molecule has 1 N–H and O–H groups in total. The molecule has 0 fully saturated rings. The second-order valence-electron chi connectivity index (χ2n) is 2.96. The van der Waals surface area contributed by atoms with Crippen LogP contribution in [-0.4, -0.2) is 11.2 Å². The SMILES string of the molecule is O=c1[nH]c(S)c(C=Nc2ccc(Br)cc2)s1. The molecule has 1 aromatic heterocycles. The van der Waals surface area contributed by atoms with Crippen molar-refractivity contribution in [2.75, 3.05) is 0 Å². The number of nitrogens with one attached hydrogen (secondary N) is 1. The molecule has 2 rings (SSSR count). The molecule has 1 aromatic carbocycles. The summed E-state index contributed by atoms with van der Waals surface area (Å²) in [5, 5.41) is 0.552. The van der Waals surface area contributed by atoms with E-state index in [1.807, 2.05) is 24.3 Å². The zero-order valence-electron chi connectivity index (χ0n) is 7.98. The smallest absolute Gasteiger partial charge is 0.305 e. The van der Waals surface area contributed by atoms with Crippen LogP contribution >= 0.6 is 39.9 Å². The van der Waals surface area contributed by atoms with Gasteiger partial charge in [0.25, 0.3) is 0 Å². The van der Waals surface area contributed by atoms with Crippen molar-refractivity contribution >= 4 is 51.8 Å². The molecule has 0 aliphatic rings. The minimum Gasteiger partial charge on any atom is -0.307 e. The number of H-pyrrole nitrogens is 1. The third-order valence-electron chi connectivity index (χ3n) is 1.81. The molecule has 3 nitrogen and oxygen atoms in total. The predicted octanol–water partition coefficient (Wildman–Crippen LogP) is 3.24. The normalized spacial score (nSPS) is 11.1. The maximum atomic E-state index is 11.0. The van der Waals surface area contributed by atoms with E-state index in [4.69, 9.17) is 0 Å². The fourth-order valence-electron chi connectivity index (χ4n) is 1.08. The van der Waals surface area contributed by atoms with Gasteiger partial charge >= 0.3 is 4.87 Å². The second kappa shape index (κ2) is 4.99. The van der Waals surface area contributed by atoms with Gasteiger partial charge in [-0.2, -0.15) is 0 Å². The van der Waals surface area contributed by atoms with E-state index in [0.29, 0.717) is 5.03 Å². The van der Waals surface area contributed by atoms with Gasteiger partial charge in [-0.3, -0.25) is 9.79 Å². The number of aromatic nitrogens is 1. The van der Waals surface area contributed by atoms with Crippen LogP contribution in [0.15, 0.2) is 43.6 Å². The molecule has 0 atom stereocenters. The van der Waals surface area contributed by atoms with Crippen molar-refractivity contribution in [2.45, 2.75) is 5.03 Å². The molecule has 0 saturated heterocycles. The number of aliphatic imine (C=N–C) groups is 1. The van der Waals surface area contributed by atoms with Crippen molar-refractivity contribution in [1.82, 2.24) is 4.98 Å². The van der Waals surface area contributed by atoms with E-state index < -0.39 is 0 Å². The van der Waals surface area contributed by atoms with E-state index in [1.165, 1.54) is 0 Å². The molecule has 0 amide bonds.